The van der Waals surface area contributed by atoms with Crippen LogP contribution in [0.15, 0.2) is 12.4 Å². The molecule has 18 heavy (non-hydrogen) atoms. The smallest absolute Gasteiger partial charge is 0.310 e. The van der Waals surface area contributed by atoms with E-state index in [2.05, 4.69) is 0 Å². The Labute approximate surface area is 107 Å². The Kier molecular flexibility index (Phi) is 3.28. The van der Waals surface area contributed by atoms with Crippen molar-refractivity contribution >= 4 is 11.8 Å². The third-order valence-electron chi connectivity index (χ3n) is 3.52. The number of rotatable bonds is 3. The van der Waals surface area contributed by atoms with Gasteiger partial charge in [-0.25, -0.2) is 0 Å². The minimum absolute atomic E-state index is 0.189. The van der Waals surface area contributed by atoms with Gasteiger partial charge in [0.1, 0.15) is 0 Å². The lowest BCUT2D eigenvalue weighted by Gasteiger charge is -2.19. The van der Waals surface area contributed by atoms with E-state index in [1.165, 1.54) is 0 Å². The molecule has 1 heterocycles. The second-order valence-corrected chi connectivity index (χ2v) is 5.69. The van der Waals surface area contributed by atoms with Gasteiger partial charge >= 0.3 is 5.97 Å². The van der Waals surface area contributed by atoms with Crippen LogP contribution in [0.3, 0.4) is 0 Å². The fraction of sp³-hybridized carbons (Fsp3) is 0.571. The molecule has 1 aliphatic rings. The summed E-state index contributed by atoms with van der Waals surface area (Å²) < 4.78 is 1.85. The summed E-state index contributed by atoms with van der Waals surface area (Å²) in [4.78, 5) is 23.0. The van der Waals surface area contributed by atoms with Crippen molar-refractivity contribution in [1.82, 2.24) is 4.57 Å². The Morgan fingerprint density at radius 2 is 2.00 bits per heavy atom. The molecule has 4 nitrogen and oxygen atoms in total. The first kappa shape index (κ1) is 12.9. The van der Waals surface area contributed by atoms with Crippen molar-refractivity contribution in [3.05, 3.63) is 23.5 Å². The van der Waals surface area contributed by atoms with Crippen molar-refractivity contribution in [1.29, 1.82) is 0 Å². The number of nitrogens with zero attached hydrogens (tertiary/aromatic N) is 1. The maximum Gasteiger partial charge on any atom is 0.310 e. The number of carboxylic acid groups (broad SMARTS) is 1. The molecular weight excluding hydrogens is 230 g/mol. The molecule has 0 bridgehead atoms. The molecule has 0 aromatic carbocycles. The van der Waals surface area contributed by atoms with Gasteiger partial charge in [0.05, 0.1) is 5.41 Å². The second kappa shape index (κ2) is 4.59. The summed E-state index contributed by atoms with van der Waals surface area (Å²) in [5.74, 6) is -0.632. The Hall–Kier alpha value is -1.58. The first-order valence-electron chi connectivity index (χ1n) is 6.35. The fourth-order valence-corrected chi connectivity index (χ4v) is 2.36. The van der Waals surface area contributed by atoms with Crippen LogP contribution in [0.5, 0.6) is 0 Å². The Bertz CT molecular complexity index is 485. The number of hydrogen-bond donors (Lipinski definition) is 1. The maximum absolute atomic E-state index is 11.9. The SMILES string of the molecule is CC(C)(Cn1cc2c(c1)C(=O)CCCC2)C(=O)O. The minimum Gasteiger partial charge on any atom is -0.481 e. The second-order valence-electron chi connectivity index (χ2n) is 5.69. The normalized spacial score (nSPS) is 16.2. The van der Waals surface area contributed by atoms with E-state index in [0.29, 0.717) is 13.0 Å². The van der Waals surface area contributed by atoms with Gasteiger partial charge in [0.15, 0.2) is 5.78 Å². The molecule has 0 atom stereocenters. The third-order valence-corrected chi connectivity index (χ3v) is 3.52. The number of aryl methyl sites for hydroxylation is 1. The highest BCUT2D eigenvalue weighted by Gasteiger charge is 2.28. The van der Waals surface area contributed by atoms with Crippen molar-refractivity contribution in [3.8, 4) is 0 Å². The van der Waals surface area contributed by atoms with Crippen molar-refractivity contribution in [2.45, 2.75) is 46.1 Å². The van der Waals surface area contributed by atoms with Crippen LogP contribution in [0.2, 0.25) is 0 Å². The highest BCUT2D eigenvalue weighted by molar-refractivity contribution is 5.97. The van der Waals surface area contributed by atoms with Gasteiger partial charge in [-0.1, -0.05) is 0 Å². The van der Waals surface area contributed by atoms with Crippen LogP contribution in [0.25, 0.3) is 0 Å². The van der Waals surface area contributed by atoms with Crippen LogP contribution < -0.4 is 0 Å². The molecule has 0 amide bonds. The quantitative estimate of drug-likeness (QED) is 0.837. The summed E-state index contributed by atoms with van der Waals surface area (Å²) in [5.41, 5.74) is 1.04. The van der Waals surface area contributed by atoms with E-state index in [1.807, 2.05) is 17.0 Å². The van der Waals surface area contributed by atoms with Crippen LogP contribution in [-0.4, -0.2) is 21.4 Å². The molecule has 1 N–H and O–H groups in total. The monoisotopic (exact) mass is 249 g/mol. The molecule has 2 rings (SSSR count). The van der Waals surface area contributed by atoms with Gasteiger partial charge in [0.25, 0.3) is 0 Å². The molecule has 98 valence electrons. The molecule has 1 aromatic rings. The maximum atomic E-state index is 11.9. The van der Waals surface area contributed by atoms with Crippen molar-refractivity contribution < 1.29 is 14.7 Å². The van der Waals surface area contributed by atoms with Gasteiger partial charge in [-0.05, 0) is 38.7 Å². The highest BCUT2D eigenvalue weighted by Crippen LogP contribution is 2.24. The molecule has 1 aliphatic carbocycles. The molecule has 1 aromatic heterocycles. The van der Waals surface area contributed by atoms with Gasteiger partial charge in [-0.15, -0.1) is 0 Å². The fourth-order valence-electron chi connectivity index (χ4n) is 2.36. The van der Waals surface area contributed by atoms with E-state index < -0.39 is 11.4 Å². The number of hydrogen-bond acceptors (Lipinski definition) is 2. The summed E-state index contributed by atoms with van der Waals surface area (Å²) in [7, 11) is 0. The van der Waals surface area contributed by atoms with Crippen LogP contribution in [0.1, 0.15) is 49.0 Å². The lowest BCUT2D eigenvalue weighted by atomic mass is 9.94. The van der Waals surface area contributed by atoms with Crippen LogP contribution in [0, 0.1) is 5.41 Å². The average molecular weight is 249 g/mol. The number of carbonyl (C=O) groups excluding carboxylic acids is 1. The molecular formula is C14H19NO3. The summed E-state index contributed by atoms with van der Waals surface area (Å²) in [6, 6.07) is 0. The summed E-state index contributed by atoms with van der Waals surface area (Å²) in [5, 5.41) is 9.12. The number of Topliss-reactive ketones (excluding diaryl/α,β-unsaturated/α-hetero) is 1. The Balaban J connectivity index is 2.25. The van der Waals surface area contributed by atoms with Gasteiger partial charge in [-0.2, -0.15) is 0 Å². The Morgan fingerprint density at radius 1 is 1.33 bits per heavy atom. The van der Waals surface area contributed by atoms with E-state index in [9.17, 15) is 9.59 Å². The van der Waals surface area contributed by atoms with E-state index in [4.69, 9.17) is 5.11 Å². The predicted molar refractivity (Wildman–Crippen MR) is 67.7 cm³/mol. The predicted octanol–water partition coefficient (Wildman–Crippen LogP) is 2.51. The van der Waals surface area contributed by atoms with Crippen LogP contribution in [-0.2, 0) is 17.8 Å². The zero-order chi connectivity index (χ0) is 13.3. The molecule has 0 fully saturated rings. The molecule has 0 saturated carbocycles. The Morgan fingerprint density at radius 3 is 2.67 bits per heavy atom. The van der Waals surface area contributed by atoms with E-state index in [0.717, 1.165) is 30.4 Å². The molecule has 0 radical (unpaired) electrons. The van der Waals surface area contributed by atoms with Gasteiger partial charge < -0.3 is 9.67 Å². The lowest BCUT2D eigenvalue weighted by molar-refractivity contribution is -0.147. The van der Waals surface area contributed by atoms with E-state index in [-0.39, 0.29) is 5.78 Å². The van der Waals surface area contributed by atoms with Crippen molar-refractivity contribution in [3.63, 3.8) is 0 Å². The topological polar surface area (TPSA) is 59.3 Å². The summed E-state index contributed by atoms with van der Waals surface area (Å²) in [6.45, 7) is 3.79. The average Bonchev–Trinajstić information content (AvgIpc) is 2.58. The van der Waals surface area contributed by atoms with Crippen molar-refractivity contribution in [2.75, 3.05) is 0 Å². The minimum atomic E-state index is -0.822. The summed E-state index contributed by atoms with van der Waals surface area (Å²) in [6.07, 6.45) is 7.26. The number of ketones is 1. The van der Waals surface area contributed by atoms with E-state index in [1.54, 1.807) is 13.8 Å². The largest absolute Gasteiger partial charge is 0.481 e. The zero-order valence-corrected chi connectivity index (χ0v) is 10.9. The molecule has 4 heteroatoms. The van der Waals surface area contributed by atoms with E-state index >= 15 is 0 Å². The molecule has 0 aliphatic heterocycles. The summed E-state index contributed by atoms with van der Waals surface area (Å²) >= 11 is 0. The highest BCUT2D eigenvalue weighted by atomic mass is 16.4. The van der Waals surface area contributed by atoms with Gasteiger partial charge in [-0.3, -0.25) is 9.59 Å². The number of aromatic nitrogens is 1. The first-order chi connectivity index (χ1) is 8.40. The van der Waals surface area contributed by atoms with Crippen molar-refractivity contribution in [2.24, 2.45) is 5.41 Å². The zero-order valence-electron chi connectivity index (χ0n) is 10.9. The standard InChI is InChI=1S/C14H19NO3/c1-14(2,13(17)18)9-15-7-10-5-3-4-6-12(16)11(10)8-15/h7-8H,3-6,9H2,1-2H3,(H,17,18). The molecule has 0 saturated heterocycles. The molecule has 0 unspecified atom stereocenters. The van der Waals surface area contributed by atoms with Gasteiger partial charge in [0.2, 0.25) is 0 Å². The first-order valence-corrected chi connectivity index (χ1v) is 6.35. The number of aliphatic carboxylic acids is 1. The number of carbonyl (C=O) groups is 2. The van der Waals surface area contributed by atoms with Crippen LogP contribution >= 0.6 is 0 Å². The number of carboxylic acids is 1. The molecule has 0 spiro atoms. The van der Waals surface area contributed by atoms with Gasteiger partial charge in [0, 0.05) is 30.9 Å². The lowest BCUT2D eigenvalue weighted by Crippen LogP contribution is -2.28. The van der Waals surface area contributed by atoms with Crippen LogP contribution in [0.4, 0.5) is 0 Å². The number of fused-ring (bicyclic) bond motifs is 1. The third kappa shape index (κ3) is 2.47.